The van der Waals surface area contributed by atoms with Crippen LogP contribution in [0.3, 0.4) is 0 Å². The highest BCUT2D eigenvalue weighted by Gasteiger charge is 2.16. The zero-order valence-corrected chi connectivity index (χ0v) is 29.2. The summed E-state index contributed by atoms with van der Waals surface area (Å²) in [5.74, 6) is 1.90. The maximum atomic E-state index is 5.58. The van der Waals surface area contributed by atoms with Gasteiger partial charge < -0.3 is 10.6 Å². The average Bonchev–Trinajstić information content (AvgIpc) is 3.00. The van der Waals surface area contributed by atoms with E-state index in [0.717, 1.165) is 53.1 Å². The summed E-state index contributed by atoms with van der Waals surface area (Å²) in [6.07, 6.45) is 19.7. The second-order valence-corrected chi connectivity index (χ2v) is 13.3. The van der Waals surface area contributed by atoms with Gasteiger partial charge in [0.2, 0.25) is 0 Å². The molecule has 0 heterocycles. The third-order valence-corrected chi connectivity index (χ3v) is 9.69. The second kappa shape index (κ2) is 15.5. The van der Waals surface area contributed by atoms with Gasteiger partial charge in [0.25, 0.3) is 0 Å². The van der Waals surface area contributed by atoms with Gasteiger partial charge in [0.1, 0.15) is 0 Å². The molecular formula is C42H50N2S-2. The number of allylic oxidation sites excluding steroid dienone is 11. The molecule has 4 rings (SSSR count). The molecule has 2 aromatic carbocycles. The van der Waals surface area contributed by atoms with Gasteiger partial charge in [0, 0.05) is 0 Å². The molecule has 2 aliphatic rings. The molecule has 3 heteroatoms. The van der Waals surface area contributed by atoms with E-state index in [-0.39, 0.29) is 0 Å². The molecule has 0 aromatic heterocycles. The molecule has 0 saturated carbocycles. The van der Waals surface area contributed by atoms with Crippen LogP contribution < -0.4 is 10.4 Å². The number of nitrogens with zero attached hydrogens (tertiary/aromatic N) is 2. The zero-order valence-electron chi connectivity index (χ0n) is 28.4. The molecule has 0 amide bonds. The van der Waals surface area contributed by atoms with Crippen LogP contribution in [0.1, 0.15) is 83.4 Å². The second-order valence-electron chi connectivity index (χ2n) is 12.9. The van der Waals surface area contributed by atoms with Crippen LogP contribution in [0.5, 0.6) is 0 Å². The molecule has 0 fully saturated rings. The van der Waals surface area contributed by atoms with Gasteiger partial charge in [-0.15, -0.1) is 17.9 Å². The van der Waals surface area contributed by atoms with Crippen LogP contribution in [0.4, 0.5) is 5.69 Å². The van der Waals surface area contributed by atoms with E-state index in [2.05, 4.69) is 134 Å². The van der Waals surface area contributed by atoms with Gasteiger partial charge in [0.15, 0.2) is 0 Å². The first-order chi connectivity index (χ1) is 21.5. The number of hydrogen-bond acceptors (Lipinski definition) is 1. The highest BCUT2D eigenvalue weighted by molar-refractivity contribution is 7.81. The lowest BCUT2D eigenvalue weighted by atomic mass is 9.84. The van der Waals surface area contributed by atoms with Gasteiger partial charge in [0.05, 0.1) is 0 Å². The van der Waals surface area contributed by atoms with Gasteiger partial charge >= 0.3 is 0 Å². The molecule has 0 spiro atoms. The lowest BCUT2D eigenvalue weighted by molar-refractivity contribution is 0.656. The molecule has 2 aliphatic carbocycles. The fraction of sp³-hybridized carbons (Fsp3) is 0.357. The molecule has 2 aromatic rings. The van der Waals surface area contributed by atoms with Crippen molar-refractivity contribution in [1.29, 1.82) is 0 Å². The molecule has 2 nitrogen and oxygen atoms in total. The Bertz CT molecular complexity index is 1700. The first-order valence-electron chi connectivity index (χ1n) is 16.6. The average molecular weight is 615 g/mol. The van der Waals surface area contributed by atoms with Crippen LogP contribution in [-0.4, -0.2) is 5.11 Å². The van der Waals surface area contributed by atoms with Crippen LogP contribution in [0, 0.1) is 24.7 Å². The Morgan fingerprint density at radius 2 is 1.73 bits per heavy atom. The van der Waals surface area contributed by atoms with Crippen molar-refractivity contribution >= 4 is 35.7 Å². The standard InChI is InChI=1S/C42H51N2S/c1-10-27(3)37-16-14-34(29(5)22-37)12-13-35-18-20-39(24-31(35)7)43-42(45)44-40-25-32(8)41(33(9)26-40)21-19-36-15-17-38(23-30(36)6)28(4)11-2/h12-18,20-25,27-29,33H,7-8,10-11,19,26H2,1-6,9H3,(H-,43,44,45)/q-1/p-1. The summed E-state index contributed by atoms with van der Waals surface area (Å²) in [6, 6.07) is 12.9. The first-order valence-corrected chi connectivity index (χ1v) is 17.0. The van der Waals surface area contributed by atoms with Crippen LogP contribution in [-0.2, 0) is 6.42 Å². The van der Waals surface area contributed by atoms with Crippen molar-refractivity contribution in [1.82, 2.24) is 0 Å². The van der Waals surface area contributed by atoms with Crippen molar-refractivity contribution < 1.29 is 0 Å². The Kier molecular flexibility index (Phi) is 11.8. The van der Waals surface area contributed by atoms with Gasteiger partial charge in [-0.05, 0) is 106 Å². The minimum Gasteiger partial charge on any atom is -0.671 e. The number of rotatable bonds is 9. The molecular weight excluding hydrogens is 565 g/mol. The topological polar surface area (TPSA) is 28.2 Å². The molecule has 0 radical (unpaired) electrons. The summed E-state index contributed by atoms with van der Waals surface area (Å²) >= 11 is 5.58. The van der Waals surface area contributed by atoms with E-state index >= 15 is 0 Å². The fourth-order valence-electron chi connectivity index (χ4n) is 6.03. The summed E-state index contributed by atoms with van der Waals surface area (Å²) in [4.78, 5) is 0. The van der Waals surface area contributed by atoms with Crippen molar-refractivity contribution in [3.8, 4) is 0 Å². The predicted molar refractivity (Wildman–Crippen MR) is 201 cm³/mol. The van der Waals surface area contributed by atoms with E-state index in [1.54, 1.807) is 0 Å². The molecule has 0 bridgehead atoms. The van der Waals surface area contributed by atoms with Crippen LogP contribution in [0.25, 0.3) is 23.3 Å². The van der Waals surface area contributed by atoms with Crippen molar-refractivity contribution in [2.45, 2.75) is 80.1 Å². The van der Waals surface area contributed by atoms with E-state index in [4.69, 9.17) is 17.5 Å². The van der Waals surface area contributed by atoms with E-state index in [1.807, 2.05) is 12.1 Å². The molecule has 4 unspecified atom stereocenters. The Morgan fingerprint density at radius 3 is 2.38 bits per heavy atom. The maximum Gasteiger partial charge on any atom is -0.000451 e. The van der Waals surface area contributed by atoms with Crippen molar-refractivity contribution in [2.24, 2.45) is 17.8 Å². The van der Waals surface area contributed by atoms with Crippen LogP contribution in [0.2, 0.25) is 0 Å². The minimum absolute atomic E-state index is 0.318. The minimum atomic E-state index is 0.318. The van der Waals surface area contributed by atoms with Gasteiger partial charge in [-0.25, -0.2) is 0 Å². The van der Waals surface area contributed by atoms with Gasteiger partial charge in [-0.2, -0.15) is 10.8 Å². The highest BCUT2D eigenvalue weighted by Crippen LogP contribution is 2.36. The summed E-state index contributed by atoms with van der Waals surface area (Å²) in [5, 5.41) is 11.6. The fourth-order valence-corrected chi connectivity index (χ4v) is 6.25. The first kappa shape index (κ1) is 34.2. The van der Waals surface area contributed by atoms with Crippen LogP contribution >= 0.6 is 12.2 Å². The Morgan fingerprint density at radius 1 is 0.978 bits per heavy atom. The maximum absolute atomic E-state index is 5.58. The molecule has 0 N–H and O–H groups in total. The SMILES string of the molecule is C=C1C=C([N-]C(=S)[N-]c2ccc(=CC=C3C=CC(C(C)CC)=CC3C)c(=C)c2)CC(C)C1=CCc1ccc(C(C)CC)cc1C. The highest BCUT2D eigenvalue weighted by atomic mass is 32.1. The summed E-state index contributed by atoms with van der Waals surface area (Å²) < 4.78 is 0. The summed E-state index contributed by atoms with van der Waals surface area (Å²) in [5.41, 5.74) is 10.9. The summed E-state index contributed by atoms with van der Waals surface area (Å²) in [6.45, 7) is 24.4. The third kappa shape index (κ3) is 8.95. The van der Waals surface area contributed by atoms with Crippen molar-refractivity contribution in [2.75, 3.05) is 0 Å². The van der Waals surface area contributed by atoms with Gasteiger partial charge in [-0.3, -0.25) is 0 Å². The lowest BCUT2D eigenvalue weighted by Gasteiger charge is -2.41. The third-order valence-electron chi connectivity index (χ3n) is 9.51. The Labute approximate surface area is 277 Å². The largest absolute Gasteiger partial charge is 0.671 e. The van der Waals surface area contributed by atoms with Crippen LogP contribution in [0.15, 0.2) is 107 Å². The molecule has 0 aliphatic heterocycles. The number of thiocarbonyl (C=S) groups is 1. The molecule has 4 atom stereocenters. The quantitative estimate of drug-likeness (QED) is 0.258. The van der Waals surface area contributed by atoms with E-state index in [1.165, 1.54) is 33.4 Å². The van der Waals surface area contributed by atoms with E-state index in [9.17, 15) is 0 Å². The zero-order chi connectivity index (χ0) is 32.7. The molecule has 45 heavy (non-hydrogen) atoms. The van der Waals surface area contributed by atoms with Crippen molar-refractivity contribution in [3.63, 3.8) is 0 Å². The smallest absolute Gasteiger partial charge is 0.000451 e. The lowest BCUT2D eigenvalue weighted by Crippen LogP contribution is -2.21. The van der Waals surface area contributed by atoms with E-state index in [0.29, 0.717) is 28.8 Å². The Balaban J connectivity index is 1.36. The number of benzene rings is 2. The predicted octanol–water partition coefficient (Wildman–Crippen LogP) is 11.1. The molecule has 0 saturated heterocycles. The normalized spacial score (nSPS) is 21.8. The monoisotopic (exact) mass is 614 g/mol. The Hall–Kier alpha value is -3.69. The number of hydrogen-bond donors (Lipinski definition) is 0. The van der Waals surface area contributed by atoms with Gasteiger partial charge in [-0.1, -0.05) is 134 Å². The van der Waals surface area contributed by atoms with Crippen molar-refractivity contribution in [3.05, 3.63) is 145 Å². The van der Waals surface area contributed by atoms with E-state index < -0.39 is 0 Å². The number of aryl methyl sites for hydroxylation is 1. The molecule has 236 valence electrons. The summed E-state index contributed by atoms with van der Waals surface area (Å²) in [7, 11) is 0.